The number of quaternary nitrogens is 1. The molecule has 0 bridgehead atoms. The molecule has 4 rings (SSSR count). The third-order valence-electron chi connectivity index (χ3n) is 6.40. The summed E-state index contributed by atoms with van der Waals surface area (Å²) in [5.41, 5.74) is 2.78. The maximum Gasteiger partial charge on any atom is 0.231 e. The van der Waals surface area contributed by atoms with Gasteiger partial charge in [0.25, 0.3) is 0 Å². The number of nitrogens with two attached hydrogens (primary N) is 1. The van der Waals surface area contributed by atoms with Crippen molar-refractivity contribution in [3.8, 4) is 17.2 Å². The van der Waals surface area contributed by atoms with Crippen molar-refractivity contribution in [2.75, 3.05) is 13.3 Å². The quantitative estimate of drug-likeness (QED) is 0.590. The van der Waals surface area contributed by atoms with Crippen molar-refractivity contribution >= 4 is 0 Å². The van der Waals surface area contributed by atoms with E-state index in [1.54, 1.807) is 0 Å². The van der Waals surface area contributed by atoms with Gasteiger partial charge in [0.1, 0.15) is 12.3 Å². The Bertz CT molecular complexity index is 796. The lowest BCUT2D eigenvalue weighted by molar-refractivity contribution is -0.671. The van der Waals surface area contributed by atoms with E-state index in [0.717, 1.165) is 36.3 Å². The Hall–Kier alpha value is -2.20. The van der Waals surface area contributed by atoms with Crippen LogP contribution in [0.15, 0.2) is 42.5 Å². The van der Waals surface area contributed by atoms with Gasteiger partial charge in [0.2, 0.25) is 6.79 Å². The summed E-state index contributed by atoms with van der Waals surface area (Å²) in [7, 11) is 0. The normalized spacial score (nSPS) is 17.3. The molecule has 0 spiro atoms. The molecule has 2 aromatic carbocycles. The van der Waals surface area contributed by atoms with Crippen molar-refractivity contribution in [2.24, 2.45) is 5.92 Å². The third-order valence-corrected chi connectivity index (χ3v) is 6.40. The molecule has 2 N–H and O–H groups in total. The lowest BCUT2D eigenvalue weighted by Gasteiger charge is -2.30. The van der Waals surface area contributed by atoms with E-state index in [2.05, 4.69) is 55.6 Å². The summed E-state index contributed by atoms with van der Waals surface area (Å²) in [6.07, 6.45) is 8.36. The van der Waals surface area contributed by atoms with Crippen molar-refractivity contribution < 1.29 is 19.5 Å². The first-order chi connectivity index (χ1) is 14.7. The summed E-state index contributed by atoms with van der Waals surface area (Å²) in [4.78, 5) is 0. The number of fused-ring (bicyclic) bond motifs is 1. The smallest absolute Gasteiger partial charge is 0.231 e. The predicted molar refractivity (Wildman–Crippen MR) is 119 cm³/mol. The molecule has 162 valence electrons. The molecule has 2 aromatic rings. The first kappa shape index (κ1) is 21.0. The van der Waals surface area contributed by atoms with E-state index in [4.69, 9.17) is 14.2 Å². The number of hydrogen-bond donors (Lipinski definition) is 1. The van der Waals surface area contributed by atoms with Gasteiger partial charge in [-0.25, -0.2) is 0 Å². The van der Waals surface area contributed by atoms with E-state index in [0.29, 0.717) is 12.7 Å². The van der Waals surface area contributed by atoms with Crippen LogP contribution in [0.2, 0.25) is 0 Å². The van der Waals surface area contributed by atoms with Crippen molar-refractivity contribution in [2.45, 2.75) is 70.9 Å². The fourth-order valence-electron chi connectivity index (χ4n) is 4.91. The molecular weight excluding hydrogens is 374 g/mol. The minimum absolute atomic E-state index is 0.218. The van der Waals surface area contributed by atoms with Gasteiger partial charge < -0.3 is 19.5 Å². The molecule has 4 heteroatoms. The summed E-state index contributed by atoms with van der Waals surface area (Å²) in [5, 5.41) is 2.43. The van der Waals surface area contributed by atoms with Gasteiger partial charge >= 0.3 is 0 Å². The van der Waals surface area contributed by atoms with Crippen LogP contribution in [-0.2, 0) is 6.54 Å². The van der Waals surface area contributed by atoms with Crippen LogP contribution < -0.4 is 19.5 Å². The van der Waals surface area contributed by atoms with Gasteiger partial charge in [0, 0.05) is 12.0 Å². The van der Waals surface area contributed by atoms with E-state index < -0.39 is 0 Å². The summed E-state index contributed by atoms with van der Waals surface area (Å²) in [6.45, 7) is 6.62. The highest BCUT2D eigenvalue weighted by Gasteiger charge is 2.25. The zero-order chi connectivity index (χ0) is 20.8. The van der Waals surface area contributed by atoms with Gasteiger partial charge in [-0.3, -0.25) is 0 Å². The van der Waals surface area contributed by atoms with E-state index in [1.807, 2.05) is 6.07 Å². The Labute approximate surface area is 180 Å². The van der Waals surface area contributed by atoms with E-state index in [-0.39, 0.29) is 6.10 Å². The molecule has 30 heavy (non-hydrogen) atoms. The molecule has 1 atom stereocenters. The first-order valence-corrected chi connectivity index (χ1v) is 11.7. The zero-order valence-corrected chi connectivity index (χ0v) is 18.4. The molecule has 1 heterocycles. The van der Waals surface area contributed by atoms with Crippen molar-refractivity contribution in [1.29, 1.82) is 0 Å². The minimum atomic E-state index is 0.218. The molecule has 0 unspecified atom stereocenters. The van der Waals surface area contributed by atoms with Gasteiger partial charge in [-0.2, -0.15) is 0 Å². The summed E-state index contributed by atoms with van der Waals surface area (Å²) in [6, 6.07) is 15.2. The van der Waals surface area contributed by atoms with Crippen LogP contribution in [0.3, 0.4) is 0 Å². The lowest BCUT2D eigenvalue weighted by Crippen LogP contribution is -2.82. The first-order valence-electron chi connectivity index (χ1n) is 11.7. The molecule has 0 radical (unpaired) electrons. The van der Waals surface area contributed by atoms with Crippen molar-refractivity contribution in [3.63, 3.8) is 0 Å². The molecular formula is C26H36NO3+. The highest BCUT2D eigenvalue weighted by atomic mass is 16.7. The highest BCUT2D eigenvalue weighted by molar-refractivity contribution is 5.44. The van der Waals surface area contributed by atoms with Crippen LogP contribution in [0.4, 0.5) is 0 Å². The molecule has 0 aromatic heterocycles. The number of benzene rings is 2. The Morgan fingerprint density at radius 3 is 2.50 bits per heavy atom. The van der Waals surface area contributed by atoms with Gasteiger partial charge in [-0.1, -0.05) is 31.4 Å². The fourth-order valence-corrected chi connectivity index (χ4v) is 4.91. The van der Waals surface area contributed by atoms with Crippen LogP contribution in [0.1, 0.15) is 69.4 Å². The van der Waals surface area contributed by atoms with Gasteiger partial charge in [-0.05, 0) is 74.4 Å². The summed E-state index contributed by atoms with van der Waals surface area (Å²) < 4.78 is 16.8. The van der Waals surface area contributed by atoms with E-state index in [1.165, 1.54) is 49.7 Å². The summed E-state index contributed by atoms with van der Waals surface area (Å²) >= 11 is 0. The highest BCUT2D eigenvalue weighted by Crippen LogP contribution is 2.38. The Balaban J connectivity index is 1.35. The van der Waals surface area contributed by atoms with Gasteiger partial charge in [0.05, 0.1) is 12.6 Å². The molecule has 1 aliphatic carbocycles. The number of hydrogen-bond acceptors (Lipinski definition) is 3. The molecule has 2 aliphatic rings. The van der Waals surface area contributed by atoms with Gasteiger partial charge in [0.15, 0.2) is 11.5 Å². The third kappa shape index (κ3) is 5.48. The summed E-state index contributed by atoms with van der Waals surface area (Å²) in [5.74, 6) is 4.18. The lowest BCUT2D eigenvalue weighted by atomic mass is 9.75. The standard InChI is InChI=1S/C26H35NO3/c1-19(2)30-23-11-9-22(10-12-23)24(21-6-4-3-5-7-21)14-15-27-17-20-8-13-25-26(16-20)29-18-28-25/h8-13,16,19,21,24,27H,3-7,14-15,17-18H2,1-2H3/p+1/t24-/m0/s1. The topological polar surface area (TPSA) is 44.3 Å². The number of rotatable bonds is 9. The predicted octanol–water partition coefficient (Wildman–Crippen LogP) is 5.02. The largest absolute Gasteiger partial charge is 0.491 e. The van der Waals surface area contributed by atoms with Gasteiger partial charge in [-0.15, -0.1) is 0 Å². The van der Waals surface area contributed by atoms with Crippen LogP contribution in [0.25, 0.3) is 0 Å². The van der Waals surface area contributed by atoms with Crippen LogP contribution >= 0.6 is 0 Å². The van der Waals surface area contributed by atoms with Crippen molar-refractivity contribution in [3.05, 3.63) is 53.6 Å². The van der Waals surface area contributed by atoms with Crippen molar-refractivity contribution in [1.82, 2.24) is 0 Å². The maximum absolute atomic E-state index is 5.85. The second-order valence-corrected chi connectivity index (χ2v) is 9.00. The van der Waals surface area contributed by atoms with Crippen LogP contribution in [0.5, 0.6) is 17.2 Å². The van der Waals surface area contributed by atoms with Crippen LogP contribution in [0, 0.1) is 5.92 Å². The Kier molecular flexibility index (Phi) is 7.16. The average molecular weight is 411 g/mol. The molecule has 4 nitrogen and oxygen atoms in total. The maximum atomic E-state index is 5.85. The molecule has 0 amide bonds. The van der Waals surface area contributed by atoms with E-state index in [9.17, 15) is 0 Å². The second-order valence-electron chi connectivity index (χ2n) is 9.00. The molecule has 1 fully saturated rings. The Morgan fingerprint density at radius 2 is 1.73 bits per heavy atom. The monoisotopic (exact) mass is 410 g/mol. The Morgan fingerprint density at radius 1 is 0.967 bits per heavy atom. The zero-order valence-electron chi connectivity index (χ0n) is 18.4. The minimum Gasteiger partial charge on any atom is -0.491 e. The van der Waals surface area contributed by atoms with Crippen LogP contribution in [-0.4, -0.2) is 19.4 Å². The number of ether oxygens (including phenoxy) is 3. The molecule has 1 aliphatic heterocycles. The second kappa shape index (κ2) is 10.2. The fraction of sp³-hybridized carbons (Fsp3) is 0.538. The molecule has 0 saturated heterocycles. The SMILES string of the molecule is CC(C)Oc1ccc([C@@H](CC[NH2+]Cc2ccc3c(c2)OCO3)C2CCCCC2)cc1. The molecule has 1 saturated carbocycles. The van der Waals surface area contributed by atoms with E-state index >= 15 is 0 Å². The average Bonchev–Trinajstić information content (AvgIpc) is 3.23.